The van der Waals surface area contributed by atoms with Crippen LogP contribution in [0.1, 0.15) is 42.9 Å². The molecule has 0 spiro atoms. The molecule has 1 atom stereocenters. The molecular formula is C13H19FN2. The lowest BCUT2D eigenvalue weighted by molar-refractivity contribution is 0.460. The Balaban J connectivity index is 2.05. The minimum absolute atomic E-state index is 0.0544. The quantitative estimate of drug-likeness (QED) is 0.594. The van der Waals surface area contributed by atoms with E-state index in [9.17, 15) is 4.39 Å². The number of halogens is 1. The van der Waals surface area contributed by atoms with Crippen LogP contribution in [0.5, 0.6) is 0 Å². The fourth-order valence-electron chi connectivity index (χ4n) is 2.05. The zero-order chi connectivity index (χ0) is 11.5. The Morgan fingerprint density at radius 2 is 2.25 bits per heavy atom. The largest absolute Gasteiger partial charge is 0.271 e. The number of aryl methyl sites for hydroxylation is 1. The fraction of sp³-hybridized carbons (Fsp3) is 0.538. The lowest BCUT2D eigenvalue weighted by Gasteiger charge is -2.17. The number of hydrogen-bond acceptors (Lipinski definition) is 2. The summed E-state index contributed by atoms with van der Waals surface area (Å²) in [5.74, 6) is 6.20. The predicted molar refractivity (Wildman–Crippen MR) is 63.2 cm³/mol. The molecule has 0 aromatic heterocycles. The Kier molecular flexibility index (Phi) is 3.56. The number of hydrazine groups is 1. The molecule has 1 saturated carbocycles. The van der Waals surface area contributed by atoms with Gasteiger partial charge in [0.2, 0.25) is 0 Å². The van der Waals surface area contributed by atoms with E-state index in [1.165, 1.54) is 12.8 Å². The van der Waals surface area contributed by atoms with Crippen molar-refractivity contribution in [1.29, 1.82) is 0 Å². The van der Waals surface area contributed by atoms with Crippen molar-refractivity contribution in [3.63, 3.8) is 0 Å². The highest BCUT2D eigenvalue weighted by Gasteiger charge is 2.23. The van der Waals surface area contributed by atoms with Gasteiger partial charge < -0.3 is 0 Å². The summed E-state index contributed by atoms with van der Waals surface area (Å²) in [6, 6.07) is 5.28. The van der Waals surface area contributed by atoms with Crippen LogP contribution in [0, 0.1) is 18.7 Å². The molecule has 1 aliphatic rings. The van der Waals surface area contributed by atoms with Crippen molar-refractivity contribution in [3.8, 4) is 0 Å². The molecule has 0 bridgehead atoms. The Bertz CT molecular complexity index is 361. The van der Waals surface area contributed by atoms with E-state index in [-0.39, 0.29) is 11.9 Å². The predicted octanol–water partition coefficient (Wildman–Crippen LogP) is 2.83. The first-order chi connectivity index (χ1) is 7.70. The molecule has 1 aromatic carbocycles. The van der Waals surface area contributed by atoms with Crippen molar-refractivity contribution in [2.24, 2.45) is 11.8 Å². The second kappa shape index (κ2) is 4.93. The van der Waals surface area contributed by atoms with Crippen molar-refractivity contribution < 1.29 is 4.39 Å². The molecule has 0 radical (unpaired) electrons. The van der Waals surface area contributed by atoms with Gasteiger partial charge in [-0.3, -0.25) is 11.3 Å². The van der Waals surface area contributed by atoms with Crippen LogP contribution in [0.25, 0.3) is 0 Å². The van der Waals surface area contributed by atoms with Gasteiger partial charge in [0.15, 0.2) is 0 Å². The lowest BCUT2D eigenvalue weighted by Crippen LogP contribution is -2.28. The summed E-state index contributed by atoms with van der Waals surface area (Å²) < 4.78 is 13.7. The maximum atomic E-state index is 13.7. The van der Waals surface area contributed by atoms with Gasteiger partial charge >= 0.3 is 0 Å². The van der Waals surface area contributed by atoms with Crippen LogP contribution in [-0.4, -0.2) is 0 Å². The summed E-state index contributed by atoms with van der Waals surface area (Å²) in [6.07, 6.45) is 4.71. The number of nitrogens with one attached hydrogen (secondary N) is 1. The van der Waals surface area contributed by atoms with E-state index in [1.54, 1.807) is 6.07 Å². The maximum Gasteiger partial charge on any atom is 0.128 e. The average Bonchev–Trinajstić information content (AvgIpc) is 3.05. The second-order valence-electron chi connectivity index (χ2n) is 4.76. The van der Waals surface area contributed by atoms with Crippen molar-refractivity contribution in [2.45, 2.75) is 38.6 Å². The highest BCUT2D eigenvalue weighted by Crippen LogP contribution is 2.36. The average molecular weight is 222 g/mol. The molecule has 0 saturated heterocycles. The van der Waals surface area contributed by atoms with E-state index >= 15 is 0 Å². The Hall–Kier alpha value is -0.930. The molecule has 3 N–H and O–H groups in total. The molecule has 3 heteroatoms. The zero-order valence-electron chi connectivity index (χ0n) is 9.67. The summed E-state index contributed by atoms with van der Waals surface area (Å²) in [5.41, 5.74) is 4.35. The third-order valence-electron chi connectivity index (χ3n) is 3.29. The molecule has 2 nitrogen and oxygen atoms in total. The van der Waals surface area contributed by atoms with Gasteiger partial charge in [-0.05, 0) is 37.3 Å². The summed E-state index contributed by atoms with van der Waals surface area (Å²) in [4.78, 5) is 0. The van der Waals surface area contributed by atoms with Gasteiger partial charge in [-0.1, -0.05) is 25.0 Å². The monoisotopic (exact) mass is 222 g/mol. The third kappa shape index (κ3) is 2.80. The zero-order valence-corrected chi connectivity index (χ0v) is 9.67. The third-order valence-corrected chi connectivity index (χ3v) is 3.29. The van der Waals surface area contributed by atoms with Crippen LogP contribution in [0.2, 0.25) is 0 Å². The van der Waals surface area contributed by atoms with E-state index in [0.717, 1.165) is 24.3 Å². The fourth-order valence-corrected chi connectivity index (χ4v) is 2.05. The van der Waals surface area contributed by atoms with Crippen molar-refractivity contribution in [2.75, 3.05) is 0 Å². The minimum Gasteiger partial charge on any atom is -0.271 e. The van der Waals surface area contributed by atoms with Gasteiger partial charge in [0.1, 0.15) is 5.82 Å². The smallest absolute Gasteiger partial charge is 0.128 e. The number of hydrogen-bond donors (Lipinski definition) is 2. The summed E-state index contributed by atoms with van der Waals surface area (Å²) >= 11 is 0. The Morgan fingerprint density at radius 3 is 2.81 bits per heavy atom. The molecule has 1 aromatic rings. The second-order valence-corrected chi connectivity index (χ2v) is 4.76. The van der Waals surface area contributed by atoms with E-state index in [1.807, 2.05) is 19.1 Å². The van der Waals surface area contributed by atoms with E-state index in [2.05, 4.69) is 5.43 Å². The SMILES string of the molecule is Cc1ccc(C(CCC2CC2)NN)c(F)c1. The van der Waals surface area contributed by atoms with Gasteiger partial charge in [0.25, 0.3) is 0 Å². The number of nitrogens with two attached hydrogens (primary N) is 1. The van der Waals surface area contributed by atoms with Gasteiger partial charge in [0.05, 0.1) is 0 Å². The molecule has 1 aliphatic carbocycles. The summed E-state index contributed by atoms with van der Waals surface area (Å²) in [5, 5.41) is 0. The first kappa shape index (κ1) is 11.6. The van der Waals surface area contributed by atoms with Crippen molar-refractivity contribution in [3.05, 3.63) is 35.1 Å². The molecule has 0 amide bonds. The van der Waals surface area contributed by atoms with E-state index in [0.29, 0.717) is 5.56 Å². The van der Waals surface area contributed by atoms with Crippen LogP contribution in [0.15, 0.2) is 18.2 Å². The normalized spacial score (nSPS) is 17.4. The number of rotatable bonds is 5. The maximum absolute atomic E-state index is 13.7. The highest BCUT2D eigenvalue weighted by molar-refractivity contribution is 5.26. The van der Waals surface area contributed by atoms with Crippen molar-refractivity contribution in [1.82, 2.24) is 5.43 Å². The van der Waals surface area contributed by atoms with Gasteiger partial charge in [0, 0.05) is 11.6 Å². The topological polar surface area (TPSA) is 38.0 Å². The standard InChI is InChI=1S/C13H19FN2/c1-9-2-6-11(12(14)8-9)13(16-15)7-5-10-3-4-10/h2,6,8,10,13,16H,3-5,7,15H2,1H3. The van der Waals surface area contributed by atoms with Crippen LogP contribution >= 0.6 is 0 Å². The summed E-state index contributed by atoms with van der Waals surface area (Å²) in [6.45, 7) is 1.89. The number of benzene rings is 1. The Labute approximate surface area is 96.0 Å². The highest BCUT2D eigenvalue weighted by atomic mass is 19.1. The minimum atomic E-state index is -0.154. The van der Waals surface area contributed by atoms with Crippen LogP contribution in [-0.2, 0) is 0 Å². The molecular weight excluding hydrogens is 203 g/mol. The van der Waals surface area contributed by atoms with Crippen LogP contribution in [0.3, 0.4) is 0 Å². The molecule has 1 unspecified atom stereocenters. The Morgan fingerprint density at radius 1 is 1.50 bits per heavy atom. The van der Waals surface area contributed by atoms with Crippen LogP contribution < -0.4 is 11.3 Å². The van der Waals surface area contributed by atoms with E-state index in [4.69, 9.17) is 5.84 Å². The van der Waals surface area contributed by atoms with E-state index < -0.39 is 0 Å². The van der Waals surface area contributed by atoms with Gasteiger partial charge in [-0.2, -0.15) is 0 Å². The first-order valence-corrected chi connectivity index (χ1v) is 5.93. The molecule has 0 heterocycles. The van der Waals surface area contributed by atoms with Crippen molar-refractivity contribution >= 4 is 0 Å². The molecule has 16 heavy (non-hydrogen) atoms. The molecule has 2 rings (SSSR count). The molecule has 88 valence electrons. The van der Waals surface area contributed by atoms with Gasteiger partial charge in [-0.15, -0.1) is 0 Å². The van der Waals surface area contributed by atoms with Gasteiger partial charge in [-0.25, -0.2) is 4.39 Å². The lowest BCUT2D eigenvalue weighted by atomic mass is 9.99. The molecule has 1 fully saturated rings. The van der Waals surface area contributed by atoms with Crippen LogP contribution in [0.4, 0.5) is 4.39 Å². The first-order valence-electron chi connectivity index (χ1n) is 5.93. The molecule has 0 aliphatic heterocycles. The summed E-state index contributed by atoms with van der Waals surface area (Å²) in [7, 11) is 0.